The van der Waals surface area contributed by atoms with Gasteiger partial charge in [-0.25, -0.2) is 0 Å². The second-order valence-electron chi connectivity index (χ2n) is 5.28. The Morgan fingerprint density at radius 3 is 2.61 bits per heavy atom. The molecule has 0 saturated carbocycles. The second kappa shape index (κ2) is 5.19. The summed E-state index contributed by atoms with van der Waals surface area (Å²) in [5.74, 6) is 3.19. The van der Waals surface area contributed by atoms with Crippen molar-refractivity contribution in [2.24, 2.45) is 5.92 Å². The summed E-state index contributed by atoms with van der Waals surface area (Å²) in [5.41, 5.74) is 1.38. The Balaban J connectivity index is 1.78. The van der Waals surface area contributed by atoms with Gasteiger partial charge in [0.05, 0.1) is 0 Å². The lowest BCUT2D eigenvalue weighted by Gasteiger charge is -2.29. The van der Waals surface area contributed by atoms with E-state index >= 15 is 0 Å². The van der Waals surface area contributed by atoms with Gasteiger partial charge in [0.15, 0.2) is 11.5 Å². The van der Waals surface area contributed by atoms with Gasteiger partial charge in [0, 0.05) is 0 Å². The molecule has 0 radical (unpaired) electrons. The third kappa shape index (κ3) is 2.32. The first-order valence-electron chi connectivity index (χ1n) is 6.95. The second-order valence-corrected chi connectivity index (χ2v) is 5.28. The van der Waals surface area contributed by atoms with E-state index in [4.69, 9.17) is 9.47 Å². The normalized spacial score (nSPS) is 21.6. The van der Waals surface area contributed by atoms with Crippen LogP contribution in [0.15, 0.2) is 18.2 Å². The van der Waals surface area contributed by atoms with E-state index in [-0.39, 0.29) is 0 Å². The standard InChI is InChI=1S/C15H21NO2/c1-11(12-4-6-16-7-5-12)13-2-3-14-15(10-13)18-9-8-17-14/h2-3,10-12,16H,4-9H2,1H3. The molecular formula is C15H21NO2. The van der Waals surface area contributed by atoms with E-state index < -0.39 is 0 Å². The van der Waals surface area contributed by atoms with Crippen molar-refractivity contribution in [1.82, 2.24) is 5.32 Å². The molecule has 1 N–H and O–H groups in total. The molecule has 1 aromatic carbocycles. The van der Waals surface area contributed by atoms with Crippen LogP contribution in [0, 0.1) is 5.92 Å². The first-order valence-corrected chi connectivity index (χ1v) is 6.95. The van der Waals surface area contributed by atoms with Gasteiger partial charge in [-0.15, -0.1) is 0 Å². The molecule has 3 rings (SSSR count). The molecular weight excluding hydrogens is 226 g/mol. The topological polar surface area (TPSA) is 30.5 Å². The van der Waals surface area contributed by atoms with Crippen LogP contribution < -0.4 is 14.8 Å². The largest absolute Gasteiger partial charge is 0.486 e. The highest BCUT2D eigenvalue weighted by Gasteiger charge is 2.22. The molecule has 1 saturated heterocycles. The highest BCUT2D eigenvalue weighted by molar-refractivity contribution is 5.44. The van der Waals surface area contributed by atoms with Gasteiger partial charge in [-0.3, -0.25) is 0 Å². The first kappa shape index (κ1) is 11.8. The molecule has 0 aromatic heterocycles. The predicted molar refractivity (Wildman–Crippen MR) is 71.4 cm³/mol. The molecule has 2 aliphatic heterocycles. The molecule has 98 valence electrons. The van der Waals surface area contributed by atoms with E-state index in [1.165, 1.54) is 18.4 Å². The minimum Gasteiger partial charge on any atom is -0.486 e. The summed E-state index contributed by atoms with van der Waals surface area (Å²) in [4.78, 5) is 0. The van der Waals surface area contributed by atoms with Gasteiger partial charge in [0.25, 0.3) is 0 Å². The molecule has 0 bridgehead atoms. The van der Waals surface area contributed by atoms with Gasteiger partial charge in [0.1, 0.15) is 13.2 Å². The van der Waals surface area contributed by atoms with Crippen LogP contribution in [0.25, 0.3) is 0 Å². The molecule has 1 unspecified atom stereocenters. The van der Waals surface area contributed by atoms with Crippen molar-refractivity contribution in [2.75, 3.05) is 26.3 Å². The Morgan fingerprint density at radius 2 is 1.83 bits per heavy atom. The third-order valence-electron chi connectivity index (χ3n) is 4.18. The van der Waals surface area contributed by atoms with Gasteiger partial charge < -0.3 is 14.8 Å². The SMILES string of the molecule is CC(c1ccc2c(c1)OCCO2)C1CCNCC1. The molecule has 3 nitrogen and oxygen atoms in total. The third-order valence-corrected chi connectivity index (χ3v) is 4.18. The van der Waals surface area contributed by atoms with E-state index in [1.807, 2.05) is 0 Å². The predicted octanol–water partition coefficient (Wildman–Crippen LogP) is 2.56. The summed E-state index contributed by atoms with van der Waals surface area (Å²) in [6.45, 7) is 5.97. The monoisotopic (exact) mass is 247 g/mol. The van der Waals surface area contributed by atoms with Crippen LogP contribution in [0.4, 0.5) is 0 Å². The average Bonchev–Trinajstić information content (AvgIpc) is 2.47. The maximum Gasteiger partial charge on any atom is 0.161 e. The summed E-state index contributed by atoms with van der Waals surface area (Å²) in [6, 6.07) is 6.42. The zero-order valence-electron chi connectivity index (χ0n) is 10.9. The molecule has 2 heterocycles. The highest BCUT2D eigenvalue weighted by atomic mass is 16.6. The number of piperidine rings is 1. The fourth-order valence-corrected chi connectivity index (χ4v) is 2.96. The van der Waals surface area contributed by atoms with Crippen molar-refractivity contribution in [3.63, 3.8) is 0 Å². The van der Waals surface area contributed by atoms with Crippen LogP contribution in [0.5, 0.6) is 11.5 Å². The molecule has 3 heteroatoms. The summed E-state index contributed by atoms with van der Waals surface area (Å²) in [5, 5.41) is 3.43. The quantitative estimate of drug-likeness (QED) is 0.871. The Hall–Kier alpha value is -1.22. The van der Waals surface area contributed by atoms with Crippen molar-refractivity contribution in [3.05, 3.63) is 23.8 Å². The number of hydrogen-bond donors (Lipinski definition) is 1. The molecule has 2 aliphatic rings. The number of ether oxygens (including phenoxy) is 2. The van der Waals surface area contributed by atoms with Crippen molar-refractivity contribution >= 4 is 0 Å². The minimum absolute atomic E-state index is 0.600. The molecule has 0 spiro atoms. The van der Waals surface area contributed by atoms with Gasteiger partial charge >= 0.3 is 0 Å². The van der Waals surface area contributed by atoms with Crippen LogP contribution in [0.3, 0.4) is 0 Å². The lowest BCUT2D eigenvalue weighted by atomic mass is 9.81. The lowest BCUT2D eigenvalue weighted by molar-refractivity contribution is 0.171. The van der Waals surface area contributed by atoms with Gasteiger partial charge in [-0.1, -0.05) is 13.0 Å². The lowest BCUT2D eigenvalue weighted by Crippen LogP contribution is -2.30. The minimum atomic E-state index is 0.600. The molecule has 1 atom stereocenters. The van der Waals surface area contributed by atoms with Crippen LogP contribution >= 0.6 is 0 Å². The summed E-state index contributed by atoms with van der Waals surface area (Å²) < 4.78 is 11.2. The average molecular weight is 247 g/mol. The summed E-state index contributed by atoms with van der Waals surface area (Å²) in [6.07, 6.45) is 2.55. The van der Waals surface area contributed by atoms with Crippen LogP contribution in [-0.2, 0) is 0 Å². The van der Waals surface area contributed by atoms with E-state index in [0.717, 1.165) is 30.5 Å². The Morgan fingerprint density at radius 1 is 1.11 bits per heavy atom. The van der Waals surface area contributed by atoms with Gasteiger partial charge in [0.2, 0.25) is 0 Å². The molecule has 0 aliphatic carbocycles. The van der Waals surface area contributed by atoms with Crippen molar-refractivity contribution in [1.29, 1.82) is 0 Å². The molecule has 1 fully saturated rings. The van der Waals surface area contributed by atoms with Crippen molar-refractivity contribution in [2.45, 2.75) is 25.7 Å². The number of rotatable bonds is 2. The highest BCUT2D eigenvalue weighted by Crippen LogP contribution is 2.37. The zero-order valence-corrected chi connectivity index (χ0v) is 10.9. The molecule has 18 heavy (non-hydrogen) atoms. The van der Waals surface area contributed by atoms with E-state index in [1.54, 1.807) is 0 Å². The fourth-order valence-electron chi connectivity index (χ4n) is 2.96. The van der Waals surface area contributed by atoms with Gasteiger partial charge in [-0.2, -0.15) is 0 Å². The first-order chi connectivity index (χ1) is 8.84. The van der Waals surface area contributed by atoms with E-state index in [9.17, 15) is 0 Å². The maximum atomic E-state index is 5.66. The summed E-state index contributed by atoms with van der Waals surface area (Å²) in [7, 11) is 0. The van der Waals surface area contributed by atoms with Crippen molar-refractivity contribution < 1.29 is 9.47 Å². The fraction of sp³-hybridized carbons (Fsp3) is 0.600. The van der Waals surface area contributed by atoms with E-state index in [0.29, 0.717) is 19.1 Å². The number of hydrogen-bond acceptors (Lipinski definition) is 3. The Kier molecular flexibility index (Phi) is 3.41. The number of fused-ring (bicyclic) bond motifs is 1. The van der Waals surface area contributed by atoms with Crippen LogP contribution in [0.2, 0.25) is 0 Å². The summed E-state index contributed by atoms with van der Waals surface area (Å²) >= 11 is 0. The Bertz CT molecular complexity index is 413. The molecule has 1 aromatic rings. The van der Waals surface area contributed by atoms with Crippen molar-refractivity contribution in [3.8, 4) is 11.5 Å². The Labute approximate surface area is 108 Å². The van der Waals surface area contributed by atoms with E-state index in [2.05, 4.69) is 30.4 Å². The van der Waals surface area contributed by atoms with Crippen LogP contribution in [0.1, 0.15) is 31.2 Å². The molecule has 0 amide bonds. The van der Waals surface area contributed by atoms with Gasteiger partial charge in [-0.05, 0) is 55.5 Å². The number of nitrogens with one attached hydrogen (secondary N) is 1. The maximum absolute atomic E-state index is 5.66. The number of benzene rings is 1. The van der Waals surface area contributed by atoms with Crippen LogP contribution in [-0.4, -0.2) is 26.3 Å². The zero-order chi connectivity index (χ0) is 12.4. The smallest absolute Gasteiger partial charge is 0.161 e.